The van der Waals surface area contributed by atoms with E-state index in [1.807, 2.05) is 13.0 Å². The van der Waals surface area contributed by atoms with Crippen molar-refractivity contribution in [3.05, 3.63) is 21.4 Å². The van der Waals surface area contributed by atoms with Crippen LogP contribution in [0.2, 0.25) is 0 Å². The molecular formula is C13H21N3O3S2. The van der Waals surface area contributed by atoms with Crippen LogP contribution in [0.3, 0.4) is 0 Å². The predicted molar refractivity (Wildman–Crippen MR) is 83.6 cm³/mol. The molecule has 1 aromatic heterocycles. The molecule has 1 amide bonds. The minimum absolute atomic E-state index is 0.0388. The summed E-state index contributed by atoms with van der Waals surface area (Å²) >= 11 is 1.55. The van der Waals surface area contributed by atoms with Gasteiger partial charge < -0.3 is 4.90 Å². The summed E-state index contributed by atoms with van der Waals surface area (Å²) in [4.78, 5) is 16.2. The van der Waals surface area contributed by atoms with Crippen molar-refractivity contribution in [1.82, 2.24) is 9.62 Å². The number of likely N-dealkylation sites (tertiary alicyclic amines) is 1. The van der Waals surface area contributed by atoms with Crippen molar-refractivity contribution in [3.8, 4) is 0 Å². The molecule has 2 rings (SSSR count). The number of nitrogens with zero attached hydrogens (tertiary/aromatic N) is 1. The van der Waals surface area contributed by atoms with Crippen LogP contribution >= 0.6 is 11.3 Å². The monoisotopic (exact) mass is 331 g/mol. The van der Waals surface area contributed by atoms with Crippen molar-refractivity contribution in [2.24, 2.45) is 5.14 Å². The van der Waals surface area contributed by atoms with Crippen molar-refractivity contribution >= 4 is 27.5 Å². The molecule has 0 aromatic carbocycles. The standard InChI is InChI=1S/C13H21N3O3S2/c1-3-11-9(2)8-12(20-11)13(17)16-6-4-10(5-7-16)15-21(14,18)19/h8,10,15H,3-7H2,1-2H3,(H2,14,18,19). The zero-order chi connectivity index (χ0) is 15.6. The maximum Gasteiger partial charge on any atom is 0.274 e. The molecule has 0 radical (unpaired) electrons. The van der Waals surface area contributed by atoms with E-state index in [9.17, 15) is 13.2 Å². The van der Waals surface area contributed by atoms with Gasteiger partial charge in [0.15, 0.2) is 0 Å². The summed E-state index contributed by atoms with van der Waals surface area (Å²) < 4.78 is 24.4. The van der Waals surface area contributed by atoms with E-state index in [1.54, 1.807) is 16.2 Å². The maximum atomic E-state index is 12.4. The molecule has 1 aromatic rings. The molecule has 3 N–H and O–H groups in total. The average Bonchev–Trinajstić information content (AvgIpc) is 2.78. The molecule has 8 heteroatoms. The molecule has 118 valence electrons. The van der Waals surface area contributed by atoms with E-state index in [4.69, 9.17) is 5.14 Å². The van der Waals surface area contributed by atoms with Gasteiger partial charge in [0.2, 0.25) is 0 Å². The van der Waals surface area contributed by atoms with Crippen LogP contribution in [0.25, 0.3) is 0 Å². The van der Waals surface area contributed by atoms with Gasteiger partial charge in [-0.1, -0.05) is 6.92 Å². The highest BCUT2D eigenvalue weighted by molar-refractivity contribution is 7.87. The molecule has 0 spiro atoms. The van der Waals surface area contributed by atoms with Gasteiger partial charge in [0.05, 0.1) is 4.88 Å². The quantitative estimate of drug-likeness (QED) is 0.862. The Morgan fingerprint density at radius 2 is 2.10 bits per heavy atom. The largest absolute Gasteiger partial charge is 0.338 e. The Kier molecular flexibility index (Phi) is 5.03. The lowest BCUT2D eigenvalue weighted by Gasteiger charge is -2.31. The molecule has 0 saturated carbocycles. The Morgan fingerprint density at radius 3 is 2.57 bits per heavy atom. The van der Waals surface area contributed by atoms with Gasteiger partial charge in [-0.3, -0.25) is 4.79 Å². The number of rotatable bonds is 4. The first kappa shape index (κ1) is 16.4. The second-order valence-electron chi connectivity index (χ2n) is 5.30. The Hall–Kier alpha value is -0.960. The van der Waals surface area contributed by atoms with Crippen molar-refractivity contribution in [3.63, 3.8) is 0 Å². The number of amides is 1. The number of nitrogens with one attached hydrogen (secondary N) is 1. The SMILES string of the molecule is CCc1sc(C(=O)N2CCC(NS(N)(=O)=O)CC2)cc1C. The zero-order valence-corrected chi connectivity index (χ0v) is 13.9. The van der Waals surface area contributed by atoms with Crippen LogP contribution in [-0.2, 0) is 16.6 Å². The van der Waals surface area contributed by atoms with Crippen LogP contribution in [0.15, 0.2) is 6.07 Å². The van der Waals surface area contributed by atoms with E-state index < -0.39 is 10.2 Å². The average molecular weight is 331 g/mol. The first-order chi connectivity index (χ1) is 9.80. The predicted octanol–water partition coefficient (Wildman–Crippen LogP) is 1.02. The normalized spacial score (nSPS) is 17.2. The van der Waals surface area contributed by atoms with E-state index in [1.165, 1.54) is 4.88 Å². The number of nitrogens with two attached hydrogens (primary N) is 1. The van der Waals surface area contributed by atoms with Gasteiger partial charge in [-0.05, 0) is 37.8 Å². The number of aryl methyl sites for hydroxylation is 2. The number of piperidine rings is 1. The van der Waals surface area contributed by atoms with Crippen LogP contribution < -0.4 is 9.86 Å². The lowest BCUT2D eigenvalue weighted by atomic mass is 10.1. The number of carbonyl (C=O) groups excluding carboxylic acids is 1. The van der Waals surface area contributed by atoms with Crippen molar-refractivity contribution in [1.29, 1.82) is 0 Å². The summed E-state index contributed by atoms with van der Waals surface area (Å²) in [7, 11) is -3.67. The molecule has 0 bridgehead atoms. The summed E-state index contributed by atoms with van der Waals surface area (Å²) in [5.74, 6) is 0.0388. The summed E-state index contributed by atoms with van der Waals surface area (Å²) in [6, 6.07) is 1.76. The molecule has 1 saturated heterocycles. The van der Waals surface area contributed by atoms with E-state index in [0.717, 1.165) is 16.9 Å². The van der Waals surface area contributed by atoms with Crippen LogP contribution in [0.1, 0.15) is 39.9 Å². The van der Waals surface area contributed by atoms with E-state index >= 15 is 0 Å². The van der Waals surface area contributed by atoms with Crippen LogP contribution in [0.4, 0.5) is 0 Å². The van der Waals surface area contributed by atoms with Gasteiger partial charge in [-0.2, -0.15) is 13.1 Å². The van der Waals surface area contributed by atoms with Crippen LogP contribution in [-0.4, -0.2) is 38.4 Å². The first-order valence-corrected chi connectivity index (χ1v) is 9.35. The third-order valence-corrected chi connectivity index (χ3v) is 5.70. The lowest BCUT2D eigenvalue weighted by Crippen LogP contribution is -2.48. The van der Waals surface area contributed by atoms with Crippen LogP contribution in [0, 0.1) is 6.92 Å². The molecule has 21 heavy (non-hydrogen) atoms. The maximum absolute atomic E-state index is 12.4. The Labute approximate surface area is 129 Å². The van der Waals surface area contributed by atoms with Crippen molar-refractivity contribution in [2.75, 3.05) is 13.1 Å². The van der Waals surface area contributed by atoms with E-state index in [0.29, 0.717) is 25.9 Å². The van der Waals surface area contributed by atoms with Crippen LogP contribution in [0.5, 0.6) is 0 Å². The molecule has 1 fully saturated rings. The van der Waals surface area contributed by atoms with Gasteiger partial charge in [0, 0.05) is 24.0 Å². The molecule has 1 aliphatic rings. The fourth-order valence-electron chi connectivity index (χ4n) is 2.56. The lowest BCUT2D eigenvalue weighted by molar-refractivity contribution is 0.0716. The second-order valence-corrected chi connectivity index (χ2v) is 7.76. The molecule has 1 aliphatic heterocycles. The van der Waals surface area contributed by atoms with Crippen molar-refractivity contribution in [2.45, 2.75) is 39.2 Å². The number of hydrogen-bond donors (Lipinski definition) is 2. The zero-order valence-electron chi connectivity index (χ0n) is 12.3. The first-order valence-electron chi connectivity index (χ1n) is 6.98. The Bertz CT molecular complexity index is 617. The summed E-state index contributed by atoms with van der Waals surface area (Å²) in [6.45, 7) is 5.20. The minimum atomic E-state index is -3.67. The third-order valence-electron chi connectivity index (χ3n) is 3.67. The smallest absolute Gasteiger partial charge is 0.274 e. The molecule has 2 heterocycles. The Balaban J connectivity index is 1.96. The van der Waals surface area contributed by atoms with Gasteiger partial charge in [-0.15, -0.1) is 11.3 Å². The highest BCUT2D eigenvalue weighted by atomic mass is 32.2. The fraction of sp³-hybridized carbons (Fsp3) is 0.615. The van der Waals surface area contributed by atoms with Gasteiger partial charge in [0.1, 0.15) is 0 Å². The highest BCUT2D eigenvalue weighted by Crippen LogP contribution is 2.25. The number of hydrogen-bond acceptors (Lipinski definition) is 4. The summed E-state index contributed by atoms with van der Waals surface area (Å²) in [5, 5.41) is 4.97. The van der Waals surface area contributed by atoms with Gasteiger partial charge in [0.25, 0.3) is 16.1 Å². The minimum Gasteiger partial charge on any atom is -0.338 e. The van der Waals surface area contributed by atoms with Crippen molar-refractivity contribution < 1.29 is 13.2 Å². The van der Waals surface area contributed by atoms with E-state index in [2.05, 4.69) is 11.6 Å². The van der Waals surface area contributed by atoms with Gasteiger partial charge in [-0.25, -0.2) is 5.14 Å². The third kappa shape index (κ3) is 4.26. The molecule has 6 nitrogen and oxygen atoms in total. The topological polar surface area (TPSA) is 92.5 Å². The molecule has 0 atom stereocenters. The Morgan fingerprint density at radius 1 is 1.48 bits per heavy atom. The van der Waals surface area contributed by atoms with Gasteiger partial charge >= 0.3 is 0 Å². The van der Waals surface area contributed by atoms with E-state index in [-0.39, 0.29) is 11.9 Å². The fourth-order valence-corrected chi connectivity index (χ4v) is 4.35. The summed E-state index contributed by atoms with van der Waals surface area (Å²) in [5.41, 5.74) is 1.16. The number of carbonyl (C=O) groups is 1. The molecule has 0 aliphatic carbocycles. The number of thiophene rings is 1. The second kappa shape index (κ2) is 6.43. The molecular weight excluding hydrogens is 310 g/mol. The summed E-state index contributed by atoms with van der Waals surface area (Å²) in [6.07, 6.45) is 2.12. The molecule has 0 unspecified atom stereocenters. The highest BCUT2D eigenvalue weighted by Gasteiger charge is 2.26.